The molecular formula is C25H24FN7O4. The lowest BCUT2D eigenvalue weighted by Gasteiger charge is -2.33. The smallest absolute Gasteiger partial charge is 0.407 e. The van der Waals surface area contributed by atoms with E-state index in [1.54, 1.807) is 54.6 Å². The molecule has 1 aromatic carbocycles. The zero-order valence-electron chi connectivity index (χ0n) is 19.9. The molecule has 2 unspecified atom stereocenters. The molecule has 2 amide bonds. The molecule has 11 nitrogen and oxygen atoms in total. The Hall–Kier alpha value is -4.53. The minimum Gasteiger partial charge on any atom is -0.486 e. The number of nitrogens with one attached hydrogen (secondary N) is 1. The second-order valence-corrected chi connectivity index (χ2v) is 9.16. The molecule has 0 spiro atoms. The third-order valence-electron chi connectivity index (χ3n) is 6.55. The summed E-state index contributed by atoms with van der Waals surface area (Å²) in [5.74, 6) is 0.895. The van der Waals surface area contributed by atoms with Crippen molar-refractivity contribution in [2.75, 3.05) is 18.4 Å². The van der Waals surface area contributed by atoms with Crippen molar-refractivity contribution >= 4 is 17.8 Å². The van der Waals surface area contributed by atoms with E-state index in [0.29, 0.717) is 23.6 Å². The van der Waals surface area contributed by atoms with Crippen molar-refractivity contribution in [1.29, 1.82) is 5.26 Å². The van der Waals surface area contributed by atoms with Crippen molar-refractivity contribution in [2.24, 2.45) is 13.0 Å². The van der Waals surface area contributed by atoms with E-state index in [2.05, 4.69) is 26.5 Å². The highest BCUT2D eigenvalue weighted by atomic mass is 19.1. The van der Waals surface area contributed by atoms with Crippen LogP contribution in [-0.4, -0.2) is 67.1 Å². The number of aromatic nitrogens is 4. The number of anilines is 1. The monoisotopic (exact) mass is 505 g/mol. The number of carboxylic acid groups (broad SMARTS) is 1. The number of likely N-dealkylation sites (tertiary alicyclic amines) is 1. The van der Waals surface area contributed by atoms with Gasteiger partial charge in [-0.15, -0.1) is 0 Å². The van der Waals surface area contributed by atoms with E-state index in [0.717, 1.165) is 10.5 Å². The molecule has 0 radical (unpaired) electrons. The fourth-order valence-corrected chi connectivity index (χ4v) is 4.45. The summed E-state index contributed by atoms with van der Waals surface area (Å²) in [6.45, 7) is -0.114. The molecule has 1 saturated heterocycles. The van der Waals surface area contributed by atoms with Gasteiger partial charge >= 0.3 is 6.09 Å². The first-order chi connectivity index (χ1) is 17.8. The molecule has 37 heavy (non-hydrogen) atoms. The summed E-state index contributed by atoms with van der Waals surface area (Å²) in [6, 6.07) is 10.5. The molecule has 190 valence electrons. The average Bonchev–Trinajstić information content (AvgIpc) is 3.58. The van der Waals surface area contributed by atoms with Crippen LogP contribution in [-0.2, 0) is 11.8 Å². The number of nitrogens with zero attached hydrogens (tertiary/aromatic N) is 6. The molecule has 12 heteroatoms. The Morgan fingerprint density at radius 2 is 2.05 bits per heavy atom. The van der Waals surface area contributed by atoms with Gasteiger partial charge in [0.15, 0.2) is 12.0 Å². The van der Waals surface area contributed by atoms with Crippen LogP contribution >= 0.6 is 0 Å². The summed E-state index contributed by atoms with van der Waals surface area (Å²) in [5, 5.41) is 25.8. The molecular weight excluding hydrogens is 481 g/mol. The molecule has 1 aliphatic heterocycles. The highest BCUT2D eigenvalue weighted by molar-refractivity contribution is 5.94. The minimum atomic E-state index is -1.50. The number of nitriles is 1. The van der Waals surface area contributed by atoms with E-state index < -0.39 is 18.4 Å². The van der Waals surface area contributed by atoms with Crippen molar-refractivity contribution in [3.8, 4) is 22.9 Å². The van der Waals surface area contributed by atoms with Crippen LogP contribution in [0.1, 0.15) is 30.1 Å². The number of aryl methyl sites for hydroxylation is 1. The molecule has 5 rings (SSSR count). The van der Waals surface area contributed by atoms with Crippen LogP contribution < -0.4 is 10.1 Å². The van der Waals surface area contributed by atoms with Gasteiger partial charge in [-0.2, -0.15) is 10.4 Å². The fourth-order valence-electron chi connectivity index (χ4n) is 4.45. The Bertz CT molecular complexity index is 1390. The number of carbonyl (C=O) groups excluding carboxylic acids is 1. The summed E-state index contributed by atoms with van der Waals surface area (Å²) in [5.41, 5.74) is 1.64. The molecule has 2 aromatic heterocycles. The lowest BCUT2D eigenvalue weighted by Crippen LogP contribution is -2.48. The Labute approximate surface area is 211 Å². The average molecular weight is 506 g/mol. The van der Waals surface area contributed by atoms with E-state index in [1.165, 1.54) is 0 Å². The number of ether oxygens (including phenoxy) is 1. The molecule has 4 atom stereocenters. The van der Waals surface area contributed by atoms with Gasteiger partial charge in [-0.05, 0) is 41.8 Å². The molecule has 3 aromatic rings. The number of benzene rings is 1. The first-order valence-electron chi connectivity index (χ1n) is 11.8. The third-order valence-corrected chi connectivity index (χ3v) is 6.55. The van der Waals surface area contributed by atoms with Gasteiger partial charge in [-0.3, -0.25) is 9.48 Å². The molecule has 3 heterocycles. The van der Waals surface area contributed by atoms with Crippen molar-refractivity contribution in [3.05, 3.63) is 54.2 Å². The summed E-state index contributed by atoms with van der Waals surface area (Å²) < 4.78 is 21.9. The zero-order valence-corrected chi connectivity index (χ0v) is 19.9. The summed E-state index contributed by atoms with van der Waals surface area (Å²) in [4.78, 5) is 33.2. The van der Waals surface area contributed by atoms with E-state index in [-0.39, 0.29) is 48.6 Å². The number of pyridine rings is 1. The number of hydrogen-bond acceptors (Lipinski definition) is 7. The van der Waals surface area contributed by atoms with Gasteiger partial charge in [0, 0.05) is 38.0 Å². The van der Waals surface area contributed by atoms with Gasteiger partial charge in [0.25, 0.3) is 0 Å². The Balaban J connectivity index is 1.26. The quantitative estimate of drug-likeness (QED) is 0.520. The summed E-state index contributed by atoms with van der Waals surface area (Å²) in [6.07, 6.45) is 0.528. The molecule has 0 bridgehead atoms. The van der Waals surface area contributed by atoms with E-state index in [4.69, 9.17) is 9.84 Å². The van der Waals surface area contributed by atoms with E-state index in [9.17, 15) is 19.2 Å². The molecule has 1 saturated carbocycles. The van der Waals surface area contributed by atoms with E-state index >= 15 is 0 Å². The van der Waals surface area contributed by atoms with Crippen LogP contribution in [0.3, 0.4) is 0 Å². The third kappa shape index (κ3) is 5.20. The van der Waals surface area contributed by atoms with Crippen LogP contribution in [0.4, 0.5) is 15.0 Å². The standard InChI is InChI=1S/C25H24FN7O4/c1-32-13-29-23(31-32)17-10-18(17)24(34)30-22-9-15(4-6-28-22)14-2-3-20(16(8-14)11-27)37-21-5-7-33(25(35)36)12-19(21)26/h2-4,6,8-9,13,17-19,21H,5,7,10,12H2,1H3,(H,35,36)(H,28,30,34)/t17?,18?,19-,21+/m1/s1. The lowest BCUT2D eigenvalue weighted by atomic mass is 10.0. The first-order valence-corrected chi connectivity index (χ1v) is 11.8. The van der Waals surface area contributed by atoms with Crippen molar-refractivity contribution in [2.45, 2.75) is 31.0 Å². The fraction of sp³-hybridized carbons (Fsp3) is 0.360. The number of amides is 2. The Morgan fingerprint density at radius 1 is 1.24 bits per heavy atom. The number of alkyl halides is 1. The van der Waals surface area contributed by atoms with Crippen LogP contribution in [0.15, 0.2) is 42.9 Å². The topological polar surface area (TPSA) is 146 Å². The first kappa shape index (κ1) is 24.2. The maximum atomic E-state index is 14.5. The van der Waals surface area contributed by atoms with Gasteiger partial charge < -0.3 is 20.1 Å². The molecule has 2 N–H and O–H groups in total. The largest absolute Gasteiger partial charge is 0.486 e. The summed E-state index contributed by atoms with van der Waals surface area (Å²) in [7, 11) is 1.78. The molecule has 1 aliphatic carbocycles. The normalized spacial score (nSPS) is 22.7. The van der Waals surface area contributed by atoms with Gasteiger partial charge in [-0.1, -0.05) is 6.07 Å². The van der Waals surface area contributed by atoms with E-state index in [1.807, 2.05) is 0 Å². The number of carbonyl (C=O) groups is 2. The second kappa shape index (κ2) is 9.85. The van der Waals surface area contributed by atoms with Gasteiger partial charge in [0.1, 0.15) is 30.1 Å². The maximum Gasteiger partial charge on any atom is 0.407 e. The van der Waals surface area contributed by atoms with Gasteiger partial charge in [-0.25, -0.2) is 19.2 Å². The Morgan fingerprint density at radius 3 is 2.76 bits per heavy atom. The zero-order chi connectivity index (χ0) is 26.1. The van der Waals surface area contributed by atoms with Crippen LogP contribution in [0.2, 0.25) is 0 Å². The highest BCUT2D eigenvalue weighted by Crippen LogP contribution is 2.46. The van der Waals surface area contributed by atoms with Gasteiger partial charge in [0.2, 0.25) is 5.91 Å². The number of rotatable bonds is 6. The van der Waals surface area contributed by atoms with Gasteiger partial charge in [0.05, 0.1) is 12.1 Å². The minimum absolute atomic E-state index is 0.00426. The van der Waals surface area contributed by atoms with Crippen LogP contribution in [0.25, 0.3) is 11.1 Å². The van der Waals surface area contributed by atoms with Crippen molar-refractivity contribution in [1.82, 2.24) is 24.6 Å². The lowest BCUT2D eigenvalue weighted by molar-refractivity contribution is -0.117. The molecule has 2 aliphatic rings. The second-order valence-electron chi connectivity index (χ2n) is 9.16. The highest BCUT2D eigenvalue weighted by Gasteiger charge is 2.46. The predicted molar refractivity (Wildman–Crippen MR) is 128 cm³/mol. The van der Waals surface area contributed by atoms with Crippen molar-refractivity contribution < 1.29 is 23.8 Å². The number of piperidine rings is 1. The molecule has 2 fully saturated rings. The maximum absolute atomic E-state index is 14.5. The Kier molecular flexibility index (Phi) is 6.43. The van der Waals surface area contributed by atoms with Crippen molar-refractivity contribution in [3.63, 3.8) is 0 Å². The SMILES string of the molecule is Cn1cnc(C2CC2C(=O)Nc2cc(-c3ccc(O[C@H]4CCN(C(=O)O)C[C@H]4F)c(C#N)c3)ccn2)n1. The van der Waals surface area contributed by atoms with Crippen LogP contribution in [0, 0.1) is 17.2 Å². The predicted octanol–water partition coefficient (Wildman–Crippen LogP) is 2.96. The summed E-state index contributed by atoms with van der Waals surface area (Å²) >= 11 is 0. The number of hydrogen-bond donors (Lipinski definition) is 2. The number of halogens is 1. The van der Waals surface area contributed by atoms with Crippen LogP contribution in [0.5, 0.6) is 5.75 Å².